The van der Waals surface area contributed by atoms with Crippen LogP contribution in [0.25, 0.3) is 0 Å². The van der Waals surface area contributed by atoms with Crippen molar-refractivity contribution < 1.29 is 18.7 Å². The number of hydrogen-bond acceptors (Lipinski definition) is 3. The fourth-order valence-corrected chi connectivity index (χ4v) is 2.27. The molecule has 0 N–H and O–H groups in total. The molecule has 0 aliphatic heterocycles. The maximum absolute atomic E-state index is 13.7. The van der Waals surface area contributed by atoms with Crippen molar-refractivity contribution in [2.24, 2.45) is 0 Å². The summed E-state index contributed by atoms with van der Waals surface area (Å²) in [6, 6.07) is 11.8. The van der Waals surface area contributed by atoms with Crippen LogP contribution in [0.1, 0.15) is 11.1 Å². The van der Waals surface area contributed by atoms with Crippen molar-refractivity contribution in [2.75, 3.05) is 21.3 Å². The predicted octanol–water partition coefficient (Wildman–Crippen LogP) is 3.04. The number of benzene rings is 2. The van der Waals surface area contributed by atoms with Gasteiger partial charge in [-0.3, -0.25) is 4.79 Å². The Balaban J connectivity index is 2.05. The molecule has 0 aromatic heterocycles. The van der Waals surface area contributed by atoms with Crippen LogP contribution in [-0.2, 0) is 17.8 Å². The highest BCUT2D eigenvalue weighted by Gasteiger charge is 2.13. The second kappa shape index (κ2) is 7.63. The van der Waals surface area contributed by atoms with Crippen LogP contribution in [0.5, 0.6) is 11.5 Å². The Labute approximate surface area is 135 Å². The minimum absolute atomic E-state index is 0.0968. The third-order valence-corrected chi connectivity index (χ3v) is 3.59. The van der Waals surface area contributed by atoms with Gasteiger partial charge in [0, 0.05) is 19.2 Å². The number of ether oxygens (including phenoxy) is 2. The maximum Gasteiger partial charge on any atom is 0.227 e. The average molecular weight is 317 g/mol. The number of carbonyl (C=O) groups is 1. The first kappa shape index (κ1) is 16.8. The molecule has 0 radical (unpaired) electrons. The highest BCUT2D eigenvalue weighted by atomic mass is 19.1. The summed E-state index contributed by atoms with van der Waals surface area (Å²) in [4.78, 5) is 13.8. The molecule has 0 spiro atoms. The monoisotopic (exact) mass is 317 g/mol. The fraction of sp³-hybridized carbons (Fsp3) is 0.278. The van der Waals surface area contributed by atoms with Crippen LogP contribution >= 0.6 is 0 Å². The van der Waals surface area contributed by atoms with E-state index >= 15 is 0 Å². The summed E-state index contributed by atoms with van der Waals surface area (Å²) < 4.78 is 24.1. The Hall–Kier alpha value is -2.56. The van der Waals surface area contributed by atoms with E-state index in [2.05, 4.69) is 0 Å². The number of likely N-dealkylation sites (N-methyl/N-ethyl adjacent to an activating group) is 1. The molecule has 4 nitrogen and oxygen atoms in total. The van der Waals surface area contributed by atoms with E-state index in [9.17, 15) is 9.18 Å². The van der Waals surface area contributed by atoms with Crippen molar-refractivity contribution in [3.8, 4) is 11.5 Å². The normalized spacial score (nSPS) is 10.3. The van der Waals surface area contributed by atoms with E-state index in [0.29, 0.717) is 17.1 Å². The van der Waals surface area contributed by atoms with Gasteiger partial charge in [-0.1, -0.05) is 24.3 Å². The molecule has 2 aromatic rings. The smallest absolute Gasteiger partial charge is 0.227 e. The molecule has 0 unspecified atom stereocenters. The number of carbonyl (C=O) groups excluding carboxylic acids is 1. The molecule has 2 rings (SSSR count). The number of hydrogen-bond donors (Lipinski definition) is 0. The zero-order chi connectivity index (χ0) is 16.8. The Morgan fingerprint density at radius 1 is 1.09 bits per heavy atom. The van der Waals surface area contributed by atoms with Crippen LogP contribution in [0.15, 0.2) is 42.5 Å². The molecule has 0 saturated heterocycles. The minimum Gasteiger partial charge on any atom is -0.493 e. The van der Waals surface area contributed by atoms with Crippen molar-refractivity contribution >= 4 is 5.91 Å². The molecule has 2 aromatic carbocycles. The quantitative estimate of drug-likeness (QED) is 0.822. The summed E-state index contributed by atoms with van der Waals surface area (Å²) in [7, 11) is 4.77. The Morgan fingerprint density at radius 3 is 2.43 bits per heavy atom. The van der Waals surface area contributed by atoms with Crippen LogP contribution in [0, 0.1) is 5.82 Å². The molecule has 0 aliphatic rings. The van der Waals surface area contributed by atoms with Gasteiger partial charge in [-0.05, 0) is 23.8 Å². The molecule has 0 fully saturated rings. The molecule has 1 amide bonds. The zero-order valence-corrected chi connectivity index (χ0v) is 13.5. The van der Waals surface area contributed by atoms with E-state index in [-0.39, 0.29) is 24.7 Å². The Bertz CT molecular complexity index is 688. The van der Waals surface area contributed by atoms with Gasteiger partial charge in [0.15, 0.2) is 11.5 Å². The SMILES string of the molecule is COc1ccc(CC(=O)N(C)Cc2ccccc2F)cc1OC. The van der Waals surface area contributed by atoms with Gasteiger partial charge >= 0.3 is 0 Å². The van der Waals surface area contributed by atoms with Gasteiger partial charge in [0.1, 0.15) is 5.82 Å². The molecule has 0 atom stereocenters. The van der Waals surface area contributed by atoms with Gasteiger partial charge in [0.2, 0.25) is 5.91 Å². The van der Waals surface area contributed by atoms with E-state index in [1.807, 2.05) is 6.07 Å². The molecule has 0 heterocycles. The lowest BCUT2D eigenvalue weighted by Gasteiger charge is -2.18. The van der Waals surface area contributed by atoms with Crippen molar-refractivity contribution in [1.82, 2.24) is 4.90 Å². The molecule has 5 heteroatoms. The average Bonchev–Trinajstić information content (AvgIpc) is 2.56. The Morgan fingerprint density at radius 2 is 1.78 bits per heavy atom. The van der Waals surface area contributed by atoms with Crippen LogP contribution in [-0.4, -0.2) is 32.1 Å². The summed E-state index contributed by atoms with van der Waals surface area (Å²) in [5, 5.41) is 0. The summed E-state index contributed by atoms with van der Waals surface area (Å²) in [5.41, 5.74) is 1.31. The Kier molecular flexibility index (Phi) is 5.57. The molecular weight excluding hydrogens is 297 g/mol. The summed E-state index contributed by atoms with van der Waals surface area (Å²) in [6.45, 7) is 0.235. The maximum atomic E-state index is 13.7. The number of rotatable bonds is 6. The number of halogens is 1. The van der Waals surface area contributed by atoms with Crippen LogP contribution < -0.4 is 9.47 Å². The lowest BCUT2D eigenvalue weighted by atomic mass is 10.1. The number of amides is 1. The van der Waals surface area contributed by atoms with Gasteiger partial charge in [0.05, 0.1) is 20.6 Å². The molecule has 122 valence electrons. The summed E-state index contributed by atoms with van der Waals surface area (Å²) >= 11 is 0. The van der Waals surface area contributed by atoms with Gasteiger partial charge in [-0.15, -0.1) is 0 Å². The topological polar surface area (TPSA) is 38.8 Å². The number of methoxy groups -OCH3 is 2. The second-order valence-corrected chi connectivity index (χ2v) is 5.21. The lowest BCUT2D eigenvalue weighted by Crippen LogP contribution is -2.28. The lowest BCUT2D eigenvalue weighted by molar-refractivity contribution is -0.129. The predicted molar refractivity (Wildman–Crippen MR) is 86.1 cm³/mol. The molecule has 23 heavy (non-hydrogen) atoms. The highest BCUT2D eigenvalue weighted by Crippen LogP contribution is 2.27. The van der Waals surface area contributed by atoms with Crippen LogP contribution in [0.4, 0.5) is 4.39 Å². The van der Waals surface area contributed by atoms with Gasteiger partial charge < -0.3 is 14.4 Å². The third-order valence-electron chi connectivity index (χ3n) is 3.59. The van der Waals surface area contributed by atoms with Gasteiger partial charge in [0.25, 0.3) is 0 Å². The van der Waals surface area contributed by atoms with E-state index in [4.69, 9.17) is 9.47 Å². The highest BCUT2D eigenvalue weighted by molar-refractivity contribution is 5.78. The molecule has 0 saturated carbocycles. The zero-order valence-electron chi connectivity index (χ0n) is 13.5. The molecular formula is C18H20FNO3. The van der Waals surface area contributed by atoms with Crippen molar-refractivity contribution in [1.29, 1.82) is 0 Å². The standard InChI is InChI=1S/C18H20FNO3/c1-20(12-14-6-4-5-7-15(14)19)18(21)11-13-8-9-16(22-2)17(10-13)23-3/h4-10H,11-12H2,1-3H3. The van der Waals surface area contributed by atoms with Gasteiger partial charge in [-0.2, -0.15) is 0 Å². The molecule has 0 aliphatic carbocycles. The fourth-order valence-electron chi connectivity index (χ4n) is 2.27. The van der Waals surface area contributed by atoms with Gasteiger partial charge in [-0.25, -0.2) is 4.39 Å². The van der Waals surface area contributed by atoms with E-state index in [1.165, 1.54) is 11.0 Å². The van der Waals surface area contributed by atoms with Crippen molar-refractivity contribution in [3.63, 3.8) is 0 Å². The van der Waals surface area contributed by atoms with Crippen LogP contribution in [0.2, 0.25) is 0 Å². The van der Waals surface area contributed by atoms with Crippen molar-refractivity contribution in [3.05, 3.63) is 59.4 Å². The van der Waals surface area contributed by atoms with Crippen molar-refractivity contribution in [2.45, 2.75) is 13.0 Å². The van der Waals surface area contributed by atoms with E-state index in [1.54, 1.807) is 51.6 Å². The third kappa shape index (κ3) is 4.22. The first-order chi connectivity index (χ1) is 11.0. The summed E-state index contributed by atoms with van der Waals surface area (Å²) in [5.74, 6) is 0.789. The largest absolute Gasteiger partial charge is 0.493 e. The molecule has 0 bridgehead atoms. The first-order valence-corrected chi connectivity index (χ1v) is 7.23. The van der Waals surface area contributed by atoms with E-state index < -0.39 is 0 Å². The van der Waals surface area contributed by atoms with Crippen LogP contribution in [0.3, 0.4) is 0 Å². The minimum atomic E-state index is -0.307. The number of nitrogens with zero attached hydrogens (tertiary/aromatic N) is 1. The second-order valence-electron chi connectivity index (χ2n) is 5.21. The van der Waals surface area contributed by atoms with E-state index in [0.717, 1.165) is 5.56 Å². The summed E-state index contributed by atoms with van der Waals surface area (Å²) in [6.07, 6.45) is 0.214. The first-order valence-electron chi connectivity index (χ1n) is 7.23.